The number of rotatable bonds is 6. The van der Waals surface area contributed by atoms with Gasteiger partial charge in [0.2, 0.25) is 0 Å². The molecule has 1 aromatic carbocycles. The van der Waals surface area contributed by atoms with Crippen LogP contribution < -0.4 is 5.11 Å². The highest BCUT2D eigenvalue weighted by Crippen LogP contribution is 2.25. The van der Waals surface area contributed by atoms with Gasteiger partial charge in [0.25, 0.3) is 0 Å². The molecule has 3 nitrogen and oxygen atoms in total. The van der Waals surface area contributed by atoms with E-state index in [2.05, 4.69) is 45.6 Å². The van der Waals surface area contributed by atoms with Crippen LogP contribution in [0, 0.1) is 0 Å². The Bertz CT molecular complexity index is 587. The minimum atomic E-state index is -1.00. The maximum Gasteiger partial charge on any atom is 0.0482 e. The fourth-order valence-corrected chi connectivity index (χ4v) is 2.58. The van der Waals surface area contributed by atoms with E-state index in [4.69, 9.17) is 0 Å². The number of carboxylic acids is 1. The molecule has 0 atom stereocenters. The SMILES string of the molecule is CCCn1c(CCC(=O)[O-])ccc1-c1ccc(Br)cc1. The number of hydrogen-bond donors (Lipinski definition) is 0. The van der Waals surface area contributed by atoms with E-state index in [0.717, 1.165) is 34.4 Å². The largest absolute Gasteiger partial charge is 0.550 e. The predicted molar refractivity (Wildman–Crippen MR) is 81.2 cm³/mol. The lowest BCUT2D eigenvalue weighted by Gasteiger charge is -2.13. The fourth-order valence-electron chi connectivity index (χ4n) is 2.32. The molecule has 0 N–H and O–H groups in total. The lowest BCUT2D eigenvalue weighted by atomic mass is 10.1. The van der Waals surface area contributed by atoms with Crippen LogP contribution in [0.15, 0.2) is 40.9 Å². The van der Waals surface area contributed by atoms with Crippen molar-refractivity contribution in [3.8, 4) is 11.3 Å². The summed E-state index contributed by atoms with van der Waals surface area (Å²) < 4.78 is 3.25. The molecule has 0 bridgehead atoms. The van der Waals surface area contributed by atoms with Gasteiger partial charge in [0.15, 0.2) is 0 Å². The molecule has 0 fully saturated rings. The van der Waals surface area contributed by atoms with Crippen LogP contribution in [0.1, 0.15) is 25.5 Å². The molecule has 0 aliphatic carbocycles. The summed E-state index contributed by atoms with van der Waals surface area (Å²) in [6.07, 6.45) is 1.59. The van der Waals surface area contributed by atoms with Crippen molar-refractivity contribution < 1.29 is 9.90 Å². The molecule has 0 spiro atoms. The first-order chi connectivity index (χ1) is 9.61. The van der Waals surface area contributed by atoms with Crippen LogP contribution in [0.4, 0.5) is 0 Å². The lowest BCUT2D eigenvalue weighted by Crippen LogP contribution is -2.22. The molecule has 4 heteroatoms. The van der Waals surface area contributed by atoms with Crippen molar-refractivity contribution in [2.24, 2.45) is 0 Å². The van der Waals surface area contributed by atoms with Crippen molar-refractivity contribution in [1.29, 1.82) is 0 Å². The number of aliphatic carboxylic acids is 1. The summed E-state index contributed by atoms with van der Waals surface area (Å²) in [5, 5.41) is 10.6. The van der Waals surface area contributed by atoms with E-state index in [1.54, 1.807) is 0 Å². The van der Waals surface area contributed by atoms with E-state index in [1.165, 1.54) is 0 Å². The number of aromatic nitrogens is 1. The maximum absolute atomic E-state index is 10.6. The number of halogens is 1. The Morgan fingerprint density at radius 2 is 1.90 bits per heavy atom. The standard InChI is InChI=1S/C16H18BrNO2/c1-2-11-18-14(8-10-16(19)20)7-9-15(18)12-3-5-13(17)6-4-12/h3-7,9H,2,8,10-11H2,1H3,(H,19,20)/p-1. The van der Waals surface area contributed by atoms with Gasteiger partial charge in [0.05, 0.1) is 0 Å². The second-order valence-electron chi connectivity index (χ2n) is 4.74. The Morgan fingerprint density at radius 3 is 2.50 bits per heavy atom. The minimum absolute atomic E-state index is 0.0630. The third-order valence-corrected chi connectivity index (χ3v) is 3.77. The van der Waals surface area contributed by atoms with Gasteiger partial charge in [-0.15, -0.1) is 0 Å². The monoisotopic (exact) mass is 334 g/mol. The molecule has 2 aromatic rings. The molecule has 0 radical (unpaired) electrons. The lowest BCUT2D eigenvalue weighted by molar-refractivity contribution is -0.305. The van der Waals surface area contributed by atoms with Crippen LogP contribution in [0.25, 0.3) is 11.3 Å². The zero-order chi connectivity index (χ0) is 14.5. The second-order valence-corrected chi connectivity index (χ2v) is 5.66. The zero-order valence-electron chi connectivity index (χ0n) is 11.4. The smallest absolute Gasteiger partial charge is 0.0482 e. The van der Waals surface area contributed by atoms with E-state index in [9.17, 15) is 9.90 Å². The van der Waals surface area contributed by atoms with E-state index in [0.29, 0.717) is 6.42 Å². The van der Waals surface area contributed by atoms with E-state index in [-0.39, 0.29) is 6.42 Å². The average Bonchev–Trinajstić information content (AvgIpc) is 2.81. The van der Waals surface area contributed by atoms with Gasteiger partial charge in [-0.25, -0.2) is 0 Å². The molecule has 1 heterocycles. The molecule has 0 aliphatic rings. The van der Waals surface area contributed by atoms with Crippen LogP contribution in [-0.2, 0) is 17.8 Å². The van der Waals surface area contributed by atoms with Crippen molar-refractivity contribution in [2.75, 3.05) is 0 Å². The predicted octanol–water partition coefficient (Wildman–Crippen LogP) is 3.01. The highest BCUT2D eigenvalue weighted by molar-refractivity contribution is 9.10. The zero-order valence-corrected chi connectivity index (χ0v) is 13.0. The van der Waals surface area contributed by atoms with Gasteiger partial charge >= 0.3 is 0 Å². The molecule has 0 amide bonds. The van der Waals surface area contributed by atoms with Crippen molar-refractivity contribution in [3.63, 3.8) is 0 Å². The van der Waals surface area contributed by atoms with Gasteiger partial charge in [0, 0.05) is 28.4 Å². The maximum atomic E-state index is 10.6. The third kappa shape index (κ3) is 3.51. The Labute approximate surface area is 127 Å². The summed E-state index contributed by atoms with van der Waals surface area (Å²) in [4.78, 5) is 10.6. The Hall–Kier alpha value is -1.55. The molecular weight excluding hydrogens is 318 g/mol. The van der Waals surface area contributed by atoms with Gasteiger partial charge in [-0.1, -0.05) is 35.0 Å². The van der Waals surface area contributed by atoms with Crippen molar-refractivity contribution in [2.45, 2.75) is 32.7 Å². The number of benzene rings is 1. The first-order valence-electron chi connectivity index (χ1n) is 6.76. The minimum Gasteiger partial charge on any atom is -0.550 e. The number of nitrogens with zero attached hydrogens (tertiary/aromatic N) is 1. The number of carbonyl (C=O) groups excluding carboxylic acids is 1. The summed E-state index contributed by atoms with van der Waals surface area (Å²) in [5.74, 6) is -1.00. The molecular formula is C16H17BrNO2-. The summed E-state index contributed by atoms with van der Waals surface area (Å²) in [6.45, 7) is 3.01. The van der Waals surface area contributed by atoms with Gasteiger partial charge in [-0.3, -0.25) is 0 Å². The second kappa shape index (κ2) is 6.75. The Morgan fingerprint density at radius 1 is 1.20 bits per heavy atom. The molecule has 20 heavy (non-hydrogen) atoms. The number of carbonyl (C=O) groups is 1. The van der Waals surface area contributed by atoms with Crippen LogP contribution in [0.2, 0.25) is 0 Å². The van der Waals surface area contributed by atoms with E-state index < -0.39 is 5.97 Å². The summed E-state index contributed by atoms with van der Waals surface area (Å²) in [5.41, 5.74) is 3.32. The molecule has 0 saturated heterocycles. The topological polar surface area (TPSA) is 45.1 Å². The van der Waals surface area contributed by atoms with Crippen LogP contribution in [0.5, 0.6) is 0 Å². The number of carboxylic acid groups (broad SMARTS) is 1. The van der Waals surface area contributed by atoms with Crippen LogP contribution >= 0.6 is 15.9 Å². The van der Waals surface area contributed by atoms with Crippen molar-refractivity contribution in [3.05, 3.63) is 46.6 Å². The van der Waals surface area contributed by atoms with Gasteiger partial charge in [0.1, 0.15) is 0 Å². The van der Waals surface area contributed by atoms with Crippen LogP contribution in [-0.4, -0.2) is 10.5 Å². The van der Waals surface area contributed by atoms with E-state index in [1.807, 2.05) is 18.2 Å². The third-order valence-electron chi connectivity index (χ3n) is 3.24. The molecule has 0 unspecified atom stereocenters. The van der Waals surface area contributed by atoms with Crippen LogP contribution in [0.3, 0.4) is 0 Å². The van der Waals surface area contributed by atoms with Gasteiger partial charge in [-0.2, -0.15) is 0 Å². The highest BCUT2D eigenvalue weighted by atomic mass is 79.9. The van der Waals surface area contributed by atoms with Gasteiger partial charge < -0.3 is 14.5 Å². The first-order valence-corrected chi connectivity index (χ1v) is 7.55. The summed E-state index contributed by atoms with van der Waals surface area (Å²) in [6, 6.07) is 12.2. The van der Waals surface area contributed by atoms with Crippen molar-refractivity contribution >= 4 is 21.9 Å². The average molecular weight is 335 g/mol. The molecule has 2 rings (SSSR count). The quantitative estimate of drug-likeness (QED) is 0.815. The summed E-state index contributed by atoms with van der Waals surface area (Å²) in [7, 11) is 0. The molecule has 1 aromatic heterocycles. The molecule has 0 saturated carbocycles. The van der Waals surface area contributed by atoms with Crippen molar-refractivity contribution in [1.82, 2.24) is 4.57 Å². The van der Waals surface area contributed by atoms with E-state index >= 15 is 0 Å². The summed E-state index contributed by atoms with van der Waals surface area (Å²) >= 11 is 3.43. The first kappa shape index (κ1) is 14.9. The fraction of sp³-hybridized carbons (Fsp3) is 0.312. The highest BCUT2D eigenvalue weighted by Gasteiger charge is 2.09. The molecule has 106 valence electrons. The Balaban J connectivity index is 2.32. The van der Waals surface area contributed by atoms with Gasteiger partial charge in [-0.05, 0) is 49.1 Å². The normalized spacial score (nSPS) is 10.7. The molecule has 0 aliphatic heterocycles. The Kier molecular flexibility index (Phi) is 5.01. The number of aryl methyl sites for hydroxylation is 1. The number of hydrogen-bond acceptors (Lipinski definition) is 2.